The molecule has 0 aliphatic carbocycles. The van der Waals surface area contributed by atoms with E-state index < -0.39 is 67.3 Å². The molecule has 23 heteroatoms. The monoisotopic (exact) mass is 1100 g/mol. The van der Waals surface area contributed by atoms with Gasteiger partial charge in [0.15, 0.2) is 0 Å². The third-order valence-corrected chi connectivity index (χ3v) is 18.1. The van der Waals surface area contributed by atoms with E-state index >= 15 is 4.79 Å². The first-order chi connectivity index (χ1) is 36.6. The second kappa shape index (κ2) is 21.4. The molecule has 77 heavy (non-hydrogen) atoms. The van der Waals surface area contributed by atoms with Gasteiger partial charge in [0.2, 0.25) is 29.5 Å². The summed E-state index contributed by atoms with van der Waals surface area (Å²) in [5.74, 6) is -4.47. The highest BCUT2D eigenvalue weighted by Gasteiger charge is 2.50. The van der Waals surface area contributed by atoms with Crippen molar-refractivity contribution in [2.24, 2.45) is 17.9 Å². The lowest BCUT2D eigenvalue weighted by molar-refractivity contribution is -0.156. The number of aromatic nitrogens is 2. The fourth-order valence-corrected chi connectivity index (χ4v) is 13.5. The van der Waals surface area contributed by atoms with E-state index in [0.29, 0.717) is 41.7 Å². The van der Waals surface area contributed by atoms with Gasteiger partial charge in [0.25, 0.3) is 5.91 Å². The molecule has 10 rings (SSSR count). The van der Waals surface area contributed by atoms with Crippen molar-refractivity contribution in [2.45, 2.75) is 102 Å². The maximum absolute atomic E-state index is 15.0. The third-order valence-electron chi connectivity index (χ3n) is 16.1. The number of nitrogens with one attached hydrogen (secondary N) is 2. The number of hydrogen-bond donors (Lipinski definition) is 5. The van der Waals surface area contributed by atoms with Crippen molar-refractivity contribution in [1.29, 1.82) is 0 Å². The molecule has 0 saturated carbocycles. The summed E-state index contributed by atoms with van der Waals surface area (Å²) in [5.41, 5.74) is 1.83. The summed E-state index contributed by atoms with van der Waals surface area (Å²) in [4.78, 5) is 110. The Bertz CT molecular complexity index is 3210. The standard InChI is InChI=1S/C54H66FN8O12PS/c1-53(2,3)46(57-49(67)42-26-35-25-34(11-14-41(35)77-42)47(55)76(71,72)73)51(69)62-19-16-39(45(62)50(68)60-22-23-74-40(28-60)33-8-6-5-7-9-33)75-29-44(65)61-21-18-54(31-61)17-20-59(30-54)27-32-10-12-36-38(24-32)58(4)52(70)63(36)37-13-15-43(64)56-48(37)66/h5-12,14,24-26,37,39-40,45-48,66H,13,15-23,27-31H2,1-4H3,(H,56,64)(H,57,67)(H2,71,72,73)/t37?,39-,40+,45+,46-,47?,48?,54-/m1/s1. The Morgan fingerprint density at radius 3 is 2.45 bits per heavy atom. The number of aliphatic hydroxyl groups excluding tert-OH is 1. The van der Waals surface area contributed by atoms with Crippen LogP contribution in [0.5, 0.6) is 0 Å². The topological polar surface area (TPSA) is 246 Å². The first-order valence-corrected chi connectivity index (χ1v) is 28.7. The normalized spacial score (nSPS) is 25.2. The van der Waals surface area contributed by atoms with Gasteiger partial charge in [-0.15, -0.1) is 11.3 Å². The lowest BCUT2D eigenvalue weighted by atomic mass is 9.85. The number of nitrogens with zero attached hydrogens (tertiary/aromatic N) is 6. The number of morpholine rings is 1. The fraction of sp³-hybridized carbons (Fsp3) is 0.519. The van der Waals surface area contributed by atoms with Crippen LogP contribution in [0.15, 0.2) is 77.6 Å². The van der Waals surface area contributed by atoms with Gasteiger partial charge >= 0.3 is 13.3 Å². The van der Waals surface area contributed by atoms with Crippen LogP contribution in [0, 0.1) is 10.8 Å². The van der Waals surface area contributed by atoms with Gasteiger partial charge in [-0.1, -0.05) is 63.2 Å². The molecular weight excluding hydrogens is 1030 g/mol. The van der Waals surface area contributed by atoms with Gasteiger partial charge in [0, 0.05) is 62.9 Å². The van der Waals surface area contributed by atoms with Crippen molar-refractivity contribution in [2.75, 3.05) is 59.0 Å². The van der Waals surface area contributed by atoms with Crippen LogP contribution in [0.1, 0.15) is 97.3 Å². The van der Waals surface area contributed by atoms with Gasteiger partial charge in [-0.2, -0.15) is 0 Å². The van der Waals surface area contributed by atoms with Crippen LogP contribution in [0.4, 0.5) is 4.39 Å². The molecule has 3 unspecified atom stereocenters. The Morgan fingerprint density at radius 2 is 1.71 bits per heavy atom. The number of likely N-dealkylation sites (tertiary alicyclic amines) is 3. The summed E-state index contributed by atoms with van der Waals surface area (Å²) >= 11 is 1.08. The van der Waals surface area contributed by atoms with E-state index in [9.17, 15) is 47.8 Å². The Morgan fingerprint density at radius 1 is 0.948 bits per heavy atom. The zero-order valence-electron chi connectivity index (χ0n) is 43.5. The van der Waals surface area contributed by atoms with E-state index in [1.54, 1.807) is 41.9 Å². The van der Waals surface area contributed by atoms with Crippen LogP contribution in [0.2, 0.25) is 0 Å². The van der Waals surface area contributed by atoms with Crippen LogP contribution >= 0.6 is 18.9 Å². The summed E-state index contributed by atoms with van der Waals surface area (Å²) in [6.07, 6.45) is 0.0696. The minimum atomic E-state index is -5.08. The maximum atomic E-state index is 15.0. The second-order valence-electron chi connectivity index (χ2n) is 22.5. The average molecular weight is 1100 g/mol. The predicted octanol–water partition coefficient (Wildman–Crippen LogP) is 4.33. The van der Waals surface area contributed by atoms with Crippen molar-refractivity contribution in [3.05, 3.63) is 105 Å². The quantitative estimate of drug-likeness (QED) is 0.103. The van der Waals surface area contributed by atoms with Crippen LogP contribution in [0.3, 0.4) is 0 Å². The van der Waals surface area contributed by atoms with E-state index in [-0.39, 0.29) is 85.0 Å². The number of alkyl halides is 1. The second-order valence-corrected chi connectivity index (χ2v) is 25.2. The van der Waals surface area contributed by atoms with Crippen molar-refractivity contribution < 1.29 is 57.3 Å². The molecule has 5 amide bonds. The number of thiophene rings is 1. The minimum absolute atomic E-state index is 0.111. The lowest BCUT2D eigenvalue weighted by Crippen LogP contribution is -2.60. The molecule has 0 radical (unpaired) electrons. The molecule has 5 fully saturated rings. The van der Waals surface area contributed by atoms with E-state index in [1.165, 1.54) is 29.2 Å². The summed E-state index contributed by atoms with van der Waals surface area (Å²) in [6.45, 7) is 9.22. The average Bonchev–Trinajstić information content (AvgIpc) is 4.31. The van der Waals surface area contributed by atoms with E-state index in [1.807, 2.05) is 53.4 Å². The van der Waals surface area contributed by atoms with E-state index in [2.05, 4.69) is 15.5 Å². The first kappa shape index (κ1) is 54.5. The minimum Gasteiger partial charge on any atom is -0.372 e. The molecule has 8 atom stereocenters. The molecule has 5 N–H and O–H groups in total. The number of fused-ring (bicyclic) bond motifs is 2. The van der Waals surface area contributed by atoms with Crippen LogP contribution in [-0.4, -0.2) is 157 Å². The highest BCUT2D eigenvalue weighted by atomic mass is 32.1. The molecule has 0 bridgehead atoms. The number of aliphatic hydroxyl groups is 1. The van der Waals surface area contributed by atoms with Gasteiger partial charge in [0.05, 0.1) is 41.2 Å². The molecule has 412 valence electrons. The maximum Gasteiger partial charge on any atom is 0.363 e. The largest absolute Gasteiger partial charge is 0.372 e. The Labute approximate surface area is 448 Å². The van der Waals surface area contributed by atoms with Crippen molar-refractivity contribution >= 4 is 69.6 Å². The predicted molar refractivity (Wildman–Crippen MR) is 283 cm³/mol. The molecule has 1 spiro atoms. The molecular formula is C54H66FN8O12PS. The number of benzene rings is 3. The Kier molecular flexibility index (Phi) is 15.2. The van der Waals surface area contributed by atoms with Crippen LogP contribution in [-0.2, 0) is 46.8 Å². The lowest BCUT2D eigenvalue weighted by Gasteiger charge is -2.39. The van der Waals surface area contributed by atoms with E-state index in [0.717, 1.165) is 53.9 Å². The number of imidazole rings is 1. The first-order valence-electron chi connectivity index (χ1n) is 26.2. The molecule has 5 aliphatic heterocycles. The van der Waals surface area contributed by atoms with Crippen molar-refractivity contribution in [3.63, 3.8) is 0 Å². The SMILES string of the molecule is Cn1c(=O)n(C2CCC(=O)NC2O)c2ccc(CN3CC[C@@]4(CCN(C(=O)CO[C@@H]5CCN(C(=O)[C@@H](NC(=O)c6cc7cc(C(F)P(=O)(O)O)ccc7s6)C(C)(C)C)[C@@H]5C(=O)N5CCO[C@H](c6ccccc6)C5)C4)C3)cc21. The van der Waals surface area contributed by atoms with Gasteiger partial charge in [-0.05, 0) is 90.1 Å². The number of hydrogen-bond acceptors (Lipinski definition) is 12. The van der Waals surface area contributed by atoms with E-state index in [4.69, 9.17) is 9.47 Å². The molecule has 7 heterocycles. The smallest absolute Gasteiger partial charge is 0.363 e. The van der Waals surface area contributed by atoms with Crippen molar-refractivity contribution in [3.8, 4) is 0 Å². The molecule has 5 aromatic rings. The zero-order valence-corrected chi connectivity index (χ0v) is 45.2. The number of ether oxygens (including phenoxy) is 2. The number of piperidine rings is 1. The van der Waals surface area contributed by atoms with Gasteiger partial charge < -0.3 is 49.7 Å². The summed E-state index contributed by atoms with van der Waals surface area (Å²) in [7, 11) is -3.37. The number of halogens is 1. The van der Waals surface area contributed by atoms with Crippen LogP contribution in [0.25, 0.3) is 21.1 Å². The summed E-state index contributed by atoms with van der Waals surface area (Å²) in [6, 6.07) is 18.1. The number of amides is 5. The molecule has 3 aromatic carbocycles. The molecule has 5 saturated heterocycles. The molecule has 20 nitrogen and oxygen atoms in total. The number of carbonyl (C=O) groups is 5. The molecule has 5 aliphatic rings. The summed E-state index contributed by atoms with van der Waals surface area (Å²) < 4.78 is 42.5. The Balaban J connectivity index is 0.815. The zero-order chi connectivity index (χ0) is 54.7. The van der Waals surface area contributed by atoms with Gasteiger partial charge in [0.1, 0.15) is 31.0 Å². The fourth-order valence-electron chi connectivity index (χ4n) is 12.0. The molecule has 2 aromatic heterocycles. The number of carbonyl (C=O) groups excluding carboxylic acids is 5. The third kappa shape index (κ3) is 11.1. The Hall–Kier alpha value is -5.84. The van der Waals surface area contributed by atoms with Gasteiger partial charge in [-0.3, -0.25) is 42.6 Å². The van der Waals surface area contributed by atoms with Crippen molar-refractivity contribution in [1.82, 2.24) is 39.4 Å². The summed E-state index contributed by atoms with van der Waals surface area (Å²) in [5, 5.41) is 16.5. The number of aryl methyl sites for hydroxylation is 1. The number of rotatable bonds is 13. The van der Waals surface area contributed by atoms with Gasteiger partial charge in [-0.25, -0.2) is 9.18 Å². The highest BCUT2D eigenvalue weighted by molar-refractivity contribution is 7.51. The highest BCUT2D eigenvalue weighted by Crippen LogP contribution is 2.53. The van der Waals surface area contributed by atoms with Crippen LogP contribution < -0.4 is 16.3 Å².